The summed E-state index contributed by atoms with van der Waals surface area (Å²) in [5, 5.41) is 0. The molecule has 2 rings (SSSR count). The molecule has 1 saturated carbocycles. The van der Waals surface area contributed by atoms with Crippen LogP contribution in [0.15, 0.2) is 0 Å². The van der Waals surface area contributed by atoms with Crippen molar-refractivity contribution in [1.29, 1.82) is 0 Å². The van der Waals surface area contributed by atoms with Crippen LogP contribution in [0.25, 0.3) is 0 Å². The van der Waals surface area contributed by atoms with Gasteiger partial charge in [-0.25, -0.2) is 0 Å². The first-order chi connectivity index (χ1) is 6.09. The molecule has 4 atom stereocenters. The molecular weight excluding hydrogens is 168 g/mol. The summed E-state index contributed by atoms with van der Waals surface area (Å²) in [7, 11) is 0. The van der Waals surface area contributed by atoms with Crippen LogP contribution < -0.4 is 0 Å². The zero-order valence-electron chi connectivity index (χ0n) is 7.95. The predicted molar refractivity (Wildman–Crippen MR) is 45.9 cm³/mol. The summed E-state index contributed by atoms with van der Waals surface area (Å²) in [4.78, 5) is 22.6. The van der Waals surface area contributed by atoms with E-state index in [1.807, 2.05) is 0 Å². The van der Waals surface area contributed by atoms with Gasteiger partial charge in [0.25, 0.3) is 0 Å². The molecule has 3 heteroatoms. The SMILES string of the molecule is CC(=O)C1C[C@@H](C)C2CC1C(=O)O2. The van der Waals surface area contributed by atoms with E-state index in [0.717, 1.165) is 12.8 Å². The van der Waals surface area contributed by atoms with E-state index in [4.69, 9.17) is 4.74 Å². The summed E-state index contributed by atoms with van der Waals surface area (Å²) in [6.07, 6.45) is 1.65. The molecule has 3 unspecified atom stereocenters. The lowest BCUT2D eigenvalue weighted by atomic mass is 9.73. The van der Waals surface area contributed by atoms with E-state index >= 15 is 0 Å². The Balaban J connectivity index is 2.22. The number of esters is 1. The fourth-order valence-electron chi connectivity index (χ4n) is 2.47. The van der Waals surface area contributed by atoms with Crippen LogP contribution in [-0.2, 0) is 14.3 Å². The van der Waals surface area contributed by atoms with Gasteiger partial charge in [-0.3, -0.25) is 9.59 Å². The van der Waals surface area contributed by atoms with E-state index in [2.05, 4.69) is 6.92 Å². The molecule has 2 fully saturated rings. The Kier molecular flexibility index (Phi) is 1.90. The maximum atomic E-state index is 11.3. The van der Waals surface area contributed by atoms with Gasteiger partial charge >= 0.3 is 5.97 Å². The van der Waals surface area contributed by atoms with Crippen molar-refractivity contribution in [3.8, 4) is 0 Å². The summed E-state index contributed by atoms with van der Waals surface area (Å²) >= 11 is 0. The van der Waals surface area contributed by atoms with Crippen LogP contribution in [0.5, 0.6) is 0 Å². The van der Waals surface area contributed by atoms with Gasteiger partial charge in [-0.15, -0.1) is 0 Å². The largest absolute Gasteiger partial charge is 0.462 e. The Hall–Kier alpha value is -0.860. The summed E-state index contributed by atoms with van der Waals surface area (Å²) in [6.45, 7) is 3.62. The van der Waals surface area contributed by atoms with Crippen LogP contribution in [0.4, 0.5) is 0 Å². The molecule has 0 radical (unpaired) electrons. The number of Topliss-reactive ketones (excluding diaryl/α,β-unsaturated/α-hetero) is 1. The average molecular weight is 182 g/mol. The van der Waals surface area contributed by atoms with Crippen LogP contribution in [0.3, 0.4) is 0 Å². The first-order valence-corrected chi connectivity index (χ1v) is 4.80. The molecule has 0 aromatic carbocycles. The zero-order chi connectivity index (χ0) is 9.59. The lowest BCUT2D eigenvalue weighted by Crippen LogP contribution is -2.32. The molecule has 1 aliphatic carbocycles. The minimum atomic E-state index is -0.158. The minimum Gasteiger partial charge on any atom is -0.462 e. The number of hydrogen-bond donors (Lipinski definition) is 0. The summed E-state index contributed by atoms with van der Waals surface area (Å²) < 4.78 is 5.19. The first kappa shape index (κ1) is 8.73. The van der Waals surface area contributed by atoms with Gasteiger partial charge in [0.2, 0.25) is 0 Å². The van der Waals surface area contributed by atoms with Gasteiger partial charge in [0.05, 0.1) is 5.92 Å². The predicted octanol–water partition coefficient (Wildman–Crippen LogP) is 1.16. The van der Waals surface area contributed by atoms with E-state index < -0.39 is 0 Å². The maximum absolute atomic E-state index is 11.3. The Bertz CT molecular complexity index is 259. The lowest BCUT2D eigenvalue weighted by Gasteiger charge is -2.27. The second-order valence-corrected chi connectivity index (χ2v) is 4.25. The van der Waals surface area contributed by atoms with Crippen LogP contribution in [0.1, 0.15) is 26.7 Å². The molecule has 0 spiro atoms. The van der Waals surface area contributed by atoms with Crippen molar-refractivity contribution in [2.24, 2.45) is 17.8 Å². The zero-order valence-corrected chi connectivity index (χ0v) is 7.95. The molecule has 0 N–H and O–H groups in total. The van der Waals surface area contributed by atoms with Gasteiger partial charge in [-0.2, -0.15) is 0 Å². The third-order valence-corrected chi connectivity index (χ3v) is 3.32. The van der Waals surface area contributed by atoms with Gasteiger partial charge in [0, 0.05) is 5.92 Å². The van der Waals surface area contributed by atoms with Gasteiger partial charge in [-0.05, 0) is 25.7 Å². The summed E-state index contributed by atoms with van der Waals surface area (Å²) in [6, 6.07) is 0. The van der Waals surface area contributed by atoms with Crippen LogP contribution >= 0.6 is 0 Å². The monoisotopic (exact) mass is 182 g/mol. The highest BCUT2D eigenvalue weighted by molar-refractivity contribution is 5.86. The Morgan fingerprint density at radius 1 is 1.46 bits per heavy atom. The molecule has 2 aliphatic rings. The first-order valence-electron chi connectivity index (χ1n) is 4.80. The number of ether oxygens (including phenoxy) is 1. The summed E-state index contributed by atoms with van der Waals surface area (Å²) in [5.41, 5.74) is 0. The van der Waals surface area contributed by atoms with Crippen molar-refractivity contribution in [2.45, 2.75) is 32.8 Å². The molecule has 13 heavy (non-hydrogen) atoms. The van der Waals surface area contributed by atoms with Crippen molar-refractivity contribution in [1.82, 2.24) is 0 Å². The molecule has 72 valence electrons. The standard InChI is InChI=1S/C10H14O3/c1-5-3-7(6(2)11)8-4-9(5)13-10(8)12/h5,7-9H,3-4H2,1-2H3/t5-,7?,8?,9?/m1/s1. The highest BCUT2D eigenvalue weighted by Crippen LogP contribution is 2.41. The fraction of sp³-hybridized carbons (Fsp3) is 0.800. The molecule has 2 bridgehead atoms. The van der Waals surface area contributed by atoms with Crippen molar-refractivity contribution < 1.29 is 14.3 Å². The third-order valence-electron chi connectivity index (χ3n) is 3.32. The van der Waals surface area contributed by atoms with Crippen molar-refractivity contribution in [3.05, 3.63) is 0 Å². The second-order valence-electron chi connectivity index (χ2n) is 4.25. The minimum absolute atomic E-state index is 0.0769. The number of hydrogen-bond acceptors (Lipinski definition) is 3. The highest BCUT2D eigenvalue weighted by Gasteiger charge is 2.48. The van der Waals surface area contributed by atoms with Crippen molar-refractivity contribution in [3.63, 3.8) is 0 Å². The number of rotatable bonds is 1. The molecular formula is C10H14O3. The van der Waals surface area contributed by atoms with Crippen molar-refractivity contribution in [2.75, 3.05) is 0 Å². The van der Waals surface area contributed by atoms with E-state index in [1.54, 1.807) is 6.92 Å². The fourth-order valence-corrected chi connectivity index (χ4v) is 2.47. The van der Waals surface area contributed by atoms with Gasteiger partial charge in [0.1, 0.15) is 11.9 Å². The van der Waals surface area contributed by atoms with E-state index in [9.17, 15) is 9.59 Å². The van der Waals surface area contributed by atoms with Gasteiger partial charge in [0.15, 0.2) is 0 Å². The number of carbonyl (C=O) groups excluding carboxylic acids is 2. The van der Waals surface area contributed by atoms with Crippen LogP contribution in [-0.4, -0.2) is 17.9 Å². The van der Waals surface area contributed by atoms with E-state index in [1.165, 1.54) is 0 Å². The quantitative estimate of drug-likeness (QED) is 0.571. The Labute approximate surface area is 77.4 Å². The van der Waals surface area contributed by atoms with E-state index in [0.29, 0.717) is 5.92 Å². The average Bonchev–Trinajstić information content (AvgIpc) is 2.37. The van der Waals surface area contributed by atoms with Gasteiger partial charge in [-0.1, -0.05) is 6.92 Å². The smallest absolute Gasteiger partial charge is 0.310 e. The molecule has 1 heterocycles. The van der Waals surface area contributed by atoms with Gasteiger partial charge < -0.3 is 4.74 Å². The Morgan fingerprint density at radius 3 is 2.77 bits per heavy atom. The highest BCUT2D eigenvalue weighted by atomic mass is 16.6. The topological polar surface area (TPSA) is 43.4 Å². The van der Waals surface area contributed by atoms with Crippen LogP contribution in [0, 0.1) is 17.8 Å². The van der Waals surface area contributed by atoms with Crippen molar-refractivity contribution >= 4 is 11.8 Å². The normalized spacial score (nSPS) is 43.1. The number of ketones is 1. The second kappa shape index (κ2) is 2.82. The molecule has 1 saturated heterocycles. The summed E-state index contributed by atoms with van der Waals surface area (Å²) in [5.74, 6) is 0.0975. The third kappa shape index (κ3) is 1.26. The van der Waals surface area contributed by atoms with E-state index in [-0.39, 0.29) is 29.7 Å². The molecule has 0 aromatic rings. The molecule has 0 aromatic heterocycles. The van der Waals surface area contributed by atoms with Crippen LogP contribution in [0.2, 0.25) is 0 Å². The lowest BCUT2D eigenvalue weighted by molar-refractivity contribution is -0.145. The number of fused-ring (bicyclic) bond motifs is 2. The maximum Gasteiger partial charge on any atom is 0.310 e. The Morgan fingerprint density at radius 2 is 2.15 bits per heavy atom. The molecule has 1 aliphatic heterocycles. The molecule has 3 nitrogen and oxygen atoms in total. The number of carbonyl (C=O) groups is 2. The molecule has 0 amide bonds.